The van der Waals surface area contributed by atoms with Gasteiger partial charge in [0.1, 0.15) is 0 Å². The van der Waals surface area contributed by atoms with E-state index in [1.165, 1.54) is 4.31 Å². The Morgan fingerprint density at radius 2 is 1.86 bits per heavy atom. The smallest absolute Gasteiger partial charge is 0.243 e. The third-order valence-electron chi connectivity index (χ3n) is 3.82. The first-order valence-corrected chi connectivity index (χ1v) is 10.3. The quantitative estimate of drug-likeness (QED) is 0.775. The summed E-state index contributed by atoms with van der Waals surface area (Å²) in [5.74, 6) is 0. The van der Waals surface area contributed by atoms with Crippen LogP contribution in [-0.2, 0) is 10.0 Å². The topological polar surface area (TPSA) is 63.4 Å². The van der Waals surface area contributed by atoms with Crippen molar-refractivity contribution in [1.82, 2.24) is 4.31 Å². The summed E-state index contributed by atoms with van der Waals surface area (Å²) in [6.45, 7) is 0.882. The first kappa shape index (κ1) is 17.2. The van der Waals surface area contributed by atoms with Crippen LogP contribution in [0.3, 0.4) is 0 Å². The molecule has 1 aliphatic rings. The number of nitrogens with zero attached hydrogens (tertiary/aromatic N) is 1. The van der Waals surface area contributed by atoms with Crippen molar-refractivity contribution in [3.05, 3.63) is 28.7 Å². The molecule has 1 fully saturated rings. The van der Waals surface area contributed by atoms with Gasteiger partial charge in [-0.15, -0.1) is 0 Å². The Labute approximate surface area is 143 Å². The highest BCUT2D eigenvalue weighted by Crippen LogP contribution is 2.36. The van der Waals surface area contributed by atoms with Crippen molar-refractivity contribution in [1.29, 1.82) is 0 Å². The molecule has 116 valence electrons. The van der Waals surface area contributed by atoms with E-state index in [1.54, 1.807) is 36.0 Å². The fourth-order valence-electron chi connectivity index (χ4n) is 2.39. The monoisotopic (exact) mass is 408 g/mol. The van der Waals surface area contributed by atoms with Crippen LogP contribution < -0.4 is 5.73 Å². The van der Waals surface area contributed by atoms with Gasteiger partial charge in [0.15, 0.2) is 0 Å². The van der Waals surface area contributed by atoms with Gasteiger partial charge >= 0.3 is 0 Å². The van der Waals surface area contributed by atoms with Crippen LogP contribution in [0.1, 0.15) is 12.8 Å². The molecule has 0 radical (unpaired) electrons. The van der Waals surface area contributed by atoms with Gasteiger partial charge in [-0.1, -0.05) is 28.1 Å². The van der Waals surface area contributed by atoms with Crippen LogP contribution in [0.4, 0.5) is 0 Å². The van der Waals surface area contributed by atoms with Crippen molar-refractivity contribution in [2.24, 2.45) is 5.73 Å². The number of thioether (sulfide) groups is 1. The van der Waals surface area contributed by atoms with E-state index in [0.717, 1.165) is 4.47 Å². The van der Waals surface area contributed by atoms with Crippen LogP contribution in [0.15, 0.2) is 33.6 Å². The maximum Gasteiger partial charge on any atom is 0.243 e. The zero-order valence-corrected chi connectivity index (χ0v) is 15.6. The fourth-order valence-corrected chi connectivity index (χ4v) is 5.35. The molecule has 0 saturated carbocycles. The molecule has 2 N–H and O–H groups in total. The minimum absolute atomic E-state index is 0.277. The lowest BCUT2D eigenvalue weighted by molar-refractivity contribution is 0.333. The van der Waals surface area contributed by atoms with Crippen LogP contribution in [0.2, 0.25) is 0 Å². The number of halogens is 1. The molecule has 0 atom stereocenters. The third-order valence-corrected chi connectivity index (χ3v) is 8.19. The number of benzene rings is 1. The van der Waals surface area contributed by atoms with Crippen molar-refractivity contribution >= 4 is 54.9 Å². The minimum Gasteiger partial charge on any atom is -0.392 e. The highest BCUT2D eigenvalue weighted by molar-refractivity contribution is 9.10. The molecule has 0 unspecified atom stereocenters. The lowest BCUT2D eigenvalue weighted by Crippen LogP contribution is -2.50. The van der Waals surface area contributed by atoms with Crippen molar-refractivity contribution < 1.29 is 8.42 Å². The number of sulfonamides is 1. The van der Waals surface area contributed by atoms with E-state index in [1.807, 2.05) is 6.26 Å². The molecule has 0 aromatic heterocycles. The third kappa shape index (κ3) is 3.44. The lowest BCUT2D eigenvalue weighted by atomic mass is 9.97. The molecule has 0 amide bonds. The minimum atomic E-state index is -3.44. The normalized spacial score (nSPS) is 19.3. The Balaban J connectivity index is 2.18. The second kappa shape index (κ2) is 6.54. The van der Waals surface area contributed by atoms with Crippen LogP contribution in [0, 0.1) is 0 Å². The molecule has 1 aromatic rings. The number of rotatable bonds is 4. The van der Waals surface area contributed by atoms with Crippen molar-refractivity contribution in [3.8, 4) is 0 Å². The Morgan fingerprint density at radius 1 is 1.33 bits per heavy atom. The van der Waals surface area contributed by atoms with E-state index in [0.29, 0.717) is 35.8 Å². The summed E-state index contributed by atoms with van der Waals surface area (Å²) in [6, 6.07) is 6.70. The van der Waals surface area contributed by atoms with Crippen molar-refractivity contribution in [2.75, 3.05) is 19.3 Å². The fraction of sp³-hybridized carbons (Fsp3) is 0.462. The molecule has 1 aliphatic heterocycles. The van der Waals surface area contributed by atoms with Gasteiger partial charge in [0.25, 0.3) is 0 Å². The summed E-state index contributed by atoms with van der Waals surface area (Å²) in [5, 5.41) is 0. The zero-order valence-electron chi connectivity index (χ0n) is 11.6. The van der Waals surface area contributed by atoms with E-state index in [4.69, 9.17) is 18.0 Å². The molecule has 0 aliphatic carbocycles. The summed E-state index contributed by atoms with van der Waals surface area (Å²) in [7, 11) is -3.44. The summed E-state index contributed by atoms with van der Waals surface area (Å²) >= 11 is 10.1. The summed E-state index contributed by atoms with van der Waals surface area (Å²) < 4.78 is 27.3. The van der Waals surface area contributed by atoms with E-state index >= 15 is 0 Å². The molecule has 1 heterocycles. The Kier molecular flexibility index (Phi) is 5.36. The molecular weight excluding hydrogens is 392 g/mol. The van der Waals surface area contributed by atoms with Gasteiger partial charge in [0.2, 0.25) is 10.0 Å². The van der Waals surface area contributed by atoms with Gasteiger partial charge in [0, 0.05) is 17.6 Å². The SMILES string of the molecule is CSC1(C(N)=S)CCN(S(=O)(=O)c2ccc(Br)cc2)CC1. The maximum atomic E-state index is 12.6. The second-order valence-electron chi connectivity index (χ2n) is 4.92. The van der Waals surface area contributed by atoms with E-state index in [9.17, 15) is 8.42 Å². The van der Waals surface area contributed by atoms with Gasteiger partial charge in [-0.05, 0) is 43.4 Å². The van der Waals surface area contributed by atoms with Crippen LogP contribution in [0.5, 0.6) is 0 Å². The first-order valence-electron chi connectivity index (χ1n) is 6.43. The highest BCUT2D eigenvalue weighted by atomic mass is 79.9. The lowest BCUT2D eigenvalue weighted by Gasteiger charge is -2.39. The zero-order chi connectivity index (χ0) is 15.7. The van der Waals surface area contributed by atoms with E-state index in [2.05, 4.69) is 15.9 Å². The number of piperidine rings is 1. The largest absolute Gasteiger partial charge is 0.392 e. The molecule has 8 heteroatoms. The average molecular weight is 409 g/mol. The van der Waals surface area contributed by atoms with Crippen molar-refractivity contribution in [2.45, 2.75) is 22.5 Å². The van der Waals surface area contributed by atoms with E-state index in [-0.39, 0.29) is 4.75 Å². The molecule has 2 rings (SSSR count). The molecular formula is C13H17BrN2O2S3. The van der Waals surface area contributed by atoms with Gasteiger partial charge in [-0.2, -0.15) is 16.1 Å². The summed E-state index contributed by atoms with van der Waals surface area (Å²) in [4.78, 5) is 0.786. The Hall–Kier alpha value is -0.150. The van der Waals surface area contributed by atoms with Gasteiger partial charge in [-0.3, -0.25) is 0 Å². The van der Waals surface area contributed by atoms with Crippen LogP contribution in [-0.4, -0.2) is 41.8 Å². The Bertz CT molecular complexity index is 623. The Morgan fingerprint density at radius 3 is 2.29 bits per heavy atom. The van der Waals surface area contributed by atoms with Crippen LogP contribution >= 0.6 is 39.9 Å². The van der Waals surface area contributed by atoms with Gasteiger partial charge < -0.3 is 5.73 Å². The van der Waals surface area contributed by atoms with Crippen molar-refractivity contribution in [3.63, 3.8) is 0 Å². The number of hydrogen-bond donors (Lipinski definition) is 1. The maximum absolute atomic E-state index is 12.6. The standard InChI is InChI=1S/C13H17BrN2O2S3/c1-20-13(12(15)19)6-8-16(9-7-13)21(17,18)11-4-2-10(14)3-5-11/h2-5H,6-9H2,1H3,(H2,15,19). The second-order valence-corrected chi connectivity index (χ2v) is 9.40. The van der Waals surface area contributed by atoms with Crippen LogP contribution in [0.25, 0.3) is 0 Å². The predicted molar refractivity (Wildman–Crippen MR) is 95.2 cm³/mol. The molecule has 0 bridgehead atoms. The predicted octanol–water partition coefficient (Wildman–Crippen LogP) is 2.62. The van der Waals surface area contributed by atoms with E-state index < -0.39 is 10.0 Å². The molecule has 4 nitrogen and oxygen atoms in total. The molecule has 1 aromatic carbocycles. The van der Waals surface area contributed by atoms with Gasteiger partial charge in [0.05, 0.1) is 14.6 Å². The number of thiocarbonyl (C=S) groups is 1. The molecule has 1 saturated heterocycles. The summed E-state index contributed by atoms with van der Waals surface area (Å²) in [5.41, 5.74) is 5.83. The highest BCUT2D eigenvalue weighted by Gasteiger charge is 2.40. The average Bonchev–Trinajstić information content (AvgIpc) is 2.47. The molecule has 0 spiro atoms. The number of hydrogen-bond acceptors (Lipinski definition) is 4. The molecule has 21 heavy (non-hydrogen) atoms. The van der Waals surface area contributed by atoms with Gasteiger partial charge in [-0.25, -0.2) is 8.42 Å². The number of nitrogens with two attached hydrogens (primary N) is 1. The summed E-state index contributed by atoms with van der Waals surface area (Å²) in [6.07, 6.45) is 3.27. The first-order chi connectivity index (χ1) is 9.82.